The zero-order chi connectivity index (χ0) is 14.1. The highest BCUT2D eigenvalue weighted by molar-refractivity contribution is 6.00. The van der Waals surface area contributed by atoms with E-state index >= 15 is 0 Å². The average molecular weight is 270 g/mol. The molecule has 0 saturated heterocycles. The largest absolute Gasteiger partial charge is 0.349 e. The summed E-state index contributed by atoms with van der Waals surface area (Å²) >= 11 is 0. The molecule has 0 aliphatic carbocycles. The van der Waals surface area contributed by atoms with Gasteiger partial charge in [-0.1, -0.05) is 6.08 Å². The molecule has 0 fully saturated rings. The highest BCUT2D eigenvalue weighted by Crippen LogP contribution is 2.36. The highest BCUT2D eigenvalue weighted by atomic mass is 16.2. The van der Waals surface area contributed by atoms with E-state index in [1.54, 1.807) is 6.08 Å². The predicted molar refractivity (Wildman–Crippen MR) is 78.0 cm³/mol. The normalized spacial score (nSPS) is 16.6. The van der Waals surface area contributed by atoms with Gasteiger partial charge in [-0.2, -0.15) is 0 Å². The van der Waals surface area contributed by atoms with Gasteiger partial charge in [-0.05, 0) is 42.5 Å². The van der Waals surface area contributed by atoms with E-state index in [1.165, 1.54) is 0 Å². The summed E-state index contributed by atoms with van der Waals surface area (Å²) in [5.74, 6) is 0.139. The van der Waals surface area contributed by atoms with Gasteiger partial charge >= 0.3 is 0 Å². The van der Waals surface area contributed by atoms with Crippen LogP contribution in [0.5, 0.6) is 0 Å². The Kier molecular flexibility index (Phi) is 3.30. The summed E-state index contributed by atoms with van der Waals surface area (Å²) in [4.78, 5) is 25.9. The Morgan fingerprint density at radius 1 is 1.30 bits per heavy atom. The predicted octanol–water partition coefficient (Wildman–Crippen LogP) is 1.83. The zero-order valence-electron chi connectivity index (χ0n) is 11.4. The fourth-order valence-corrected chi connectivity index (χ4v) is 3.05. The molecule has 0 spiro atoms. The lowest BCUT2D eigenvalue weighted by molar-refractivity contribution is -0.119. The molecule has 1 aromatic carbocycles. The second-order valence-corrected chi connectivity index (χ2v) is 5.29. The summed E-state index contributed by atoms with van der Waals surface area (Å²) in [5, 5.41) is 2.81. The molecule has 0 atom stereocenters. The lowest BCUT2D eigenvalue weighted by Gasteiger charge is -2.35. The number of hydrogen-bond donors (Lipinski definition) is 1. The van der Waals surface area contributed by atoms with Gasteiger partial charge in [0.05, 0.1) is 5.69 Å². The van der Waals surface area contributed by atoms with Crippen molar-refractivity contribution in [2.45, 2.75) is 25.7 Å². The Bertz CT molecular complexity index is 575. The first-order valence-electron chi connectivity index (χ1n) is 7.06. The van der Waals surface area contributed by atoms with E-state index < -0.39 is 0 Å². The van der Waals surface area contributed by atoms with Gasteiger partial charge in [-0.25, -0.2) is 0 Å². The molecule has 4 nitrogen and oxygen atoms in total. The lowest BCUT2D eigenvalue weighted by atomic mass is 9.89. The Balaban J connectivity index is 2.00. The van der Waals surface area contributed by atoms with Crippen LogP contribution < -0.4 is 10.2 Å². The third-order valence-corrected chi connectivity index (χ3v) is 3.94. The minimum absolute atomic E-state index is 0.0713. The monoisotopic (exact) mass is 270 g/mol. The summed E-state index contributed by atoms with van der Waals surface area (Å²) < 4.78 is 0. The van der Waals surface area contributed by atoms with Crippen LogP contribution in [-0.2, 0) is 17.6 Å². The summed E-state index contributed by atoms with van der Waals surface area (Å²) in [6.07, 6.45) is 4.86. The van der Waals surface area contributed by atoms with Gasteiger partial charge in [0.1, 0.15) is 0 Å². The van der Waals surface area contributed by atoms with Gasteiger partial charge in [-0.15, -0.1) is 6.58 Å². The van der Waals surface area contributed by atoms with Crippen LogP contribution >= 0.6 is 0 Å². The third kappa shape index (κ3) is 2.11. The van der Waals surface area contributed by atoms with Crippen molar-refractivity contribution in [1.29, 1.82) is 0 Å². The minimum Gasteiger partial charge on any atom is -0.349 e. The van der Waals surface area contributed by atoms with Crippen LogP contribution in [0.4, 0.5) is 5.69 Å². The summed E-state index contributed by atoms with van der Waals surface area (Å²) in [7, 11) is 0. The van der Waals surface area contributed by atoms with Crippen LogP contribution in [0, 0.1) is 0 Å². The highest BCUT2D eigenvalue weighted by Gasteiger charge is 2.30. The van der Waals surface area contributed by atoms with E-state index in [2.05, 4.69) is 11.9 Å². The first-order valence-corrected chi connectivity index (χ1v) is 7.06. The van der Waals surface area contributed by atoms with Gasteiger partial charge in [0.15, 0.2) is 0 Å². The SMILES string of the molecule is C=CCNC(=O)c1cc2c3c(c1)CCC(=O)N3CCC2. The average Bonchev–Trinajstić information content (AvgIpc) is 2.48. The van der Waals surface area contributed by atoms with Gasteiger partial charge in [0, 0.05) is 25.1 Å². The van der Waals surface area contributed by atoms with Crippen LogP contribution in [-0.4, -0.2) is 24.9 Å². The molecular weight excluding hydrogens is 252 g/mol. The summed E-state index contributed by atoms with van der Waals surface area (Å²) in [6.45, 7) is 4.87. The number of carbonyl (C=O) groups is 2. The maximum Gasteiger partial charge on any atom is 0.251 e. The second kappa shape index (κ2) is 5.12. The molecule has 1 N–H and O–H groups in total. The van der Waals surface area contributed by atoms with Crippen LogP contribution in [0.3, 0.4) is 0 Å². The van der Waals surface area contributed by atoms with E-state index in [4.69, 9.17) is 0 Å². The maximum atomic E-state index is 12.1. The summed E-state index contributed by atoms with van der Waals surface area (Å²) in [6, 6.07) is 3.87. The van der Waals surface area contributed by atoms with Crippen LogP contribution in [0.2, 0.25) is 0 Å². The van der Waals surface area contributed by atoms with Crippen molar-refractivity contribution in [2.24, 2.45) is 0 Å². The number of carbonyl (C=O) groups excluding carboxylic acids is 2. The number of benzene rings is 1. The van der Waals surface area contributed by atoms with E-state index in [1.807, 2.05) is 17.0 Å². The molecule has 20 heavy (non-hydrogen) atoms. The zero-order valence-corrected chi connectivity index (χ0v) is 11.4. The van der Waals surface area contributed by atoms with E-state index in [9.17, 15) is 9.59 Å². The Labute approximate surface area is 118 Å². The molecule has 104 valence electrons. The van der Waals surface area contributed by atoms with Crippen molar-refractivity contribution in [1.82, 2.24) is 5.32 Å². The molecule has 3 rings (SSSR count). The van der Waals surface area contributed by atoms with E-state index in [-0.39, 0.29) is 11.8 Å². The summed E-state index contributed by atoms with van der Waals surface area (Å²) in [5.41, 5.74) is 4.01. The van der Waals surface area contributed by atoms with Crippen molar-refractivity contribution in [3.05, 3.63) is 41.5 Å². The van der Waals surface area contributed by atoms with Crippen molar-refractivity contribution in [2.75, 3.05) is 18.0 Å². The van der Waals surface area contributed by atoms with Crippen molar-refractivity contribution >= 4 is 17.5 Å². The number of anilines is 1. The van der Waals surface area contributed by atoms with E-state index in [0.29, 0.717) is 18.5 Å². The fraction of sp³-hybridized carbons (Fsp3) is 0.375. The number of aryl methyl sites for hydroxylation is 2. The number of nitrogens with zero attached hydrogens (tertiary/aromatic N) is 1. The first kappa shape index (κ1) is 12.9. The number of rotatable bonds is 3. The van der Waals surface area contributed by atoms with Crippen LogP contribution in [0.1, 0.15) is 34.3 Å². The minimum atomic E-state index is -0.0713. The van der Waals surface area contributed by atoms with E-state index in [0.717, 1.165) is 42.6 Å². The Morgan fingerprint density at radius 2 is 2.05 bits per heavy atom. The molecule has 4 heteroatoms. The molecule has 0 radical (unpaired) electrons. The molecule has 0 saturated carbocycles. The van der Waals surface area contributed by atoms with Gasteiger partial charge in [0.2, 0.25) is 5.91 Å². The molecule has 2 heterocycles. The van der Waals surface area contributed by atoms with Gasteiger partial charge in [0.25, 0.3) is 5.91 Å². The number of nitrogens with one attached hydrogen (secondary N) is 1. The standard InChI is InChI=1S/C16H18N2O2/c1-2-7-17-16(20)13-9-11-4-3-8-18-14(19)6-5-12(10-13)15(11)18/h2,9-10H,1,3-8H2,(H,17,20). The second-order valence-electron chi connectivity index (χ2n) is 5.29. The smallest absolute Gasteiger partial charge is 0.251 e. The van der Waals surface area contributed by atoms with Crippen LogP contribution in [0.15, 0.2) is 24.8 Å². The molecule has 2 aliphatic heterocycles. The molecule has 0 unspecified atom stereocenters. The molecule has 2 aliphatic rings. The maximum absolute atomic E-state index is 12.1. The quantitative estimate of drug-likeness (QED) is 0.852. The van der Waals surface area contributed by atoms with Gasteiger partial charge < -0.3 is 10.2 Å². The van der Waals surface area contributed by atoms with Crippen molar-refractivity contribution in [3.63, 3.8) is 0 Å². The topological polar surface area (TPSA) is 49.4 Å². The van der Waals surface area contributed by atoms with Crippen LogP contribution in [0.25, 0.3) is 0 Å². The number of amides is 2. The molecule has 0 aromatic heterocycles. The molecular formula is C16H18N2O2. The third-order valence-electron chi connectivity index (χ3n) is 3.94. The Hall–Kier alpha value is -2.10. The number of hydrogen-bond acceptors (Lipinski definition) is 2. The van der Waals surface area contributed by atoms with Gasteiger partial charge in [-0.3, -0.25) is 9.59 Å². The lowest BCUT2D eigenvalue weighted by Crippen LogP contribution is -2.39. The first-order chi connectivity index (χ1) is 9.70. The molecule has 0 bridgehead atoms. The molecule has 2 amide bonds. The molecule has 1 aromatic rings. The van der Waals surface area contributed by atoms with Crippen molar-refractivity contribution in [3.8, 4) is 0 Å². The van der Waals surface area contributed by atoms with Crippen molar-refractivity contribution < 1.29 is 9.59 Å². The Morgan fingerprint density at radius 3 is 2.80 bits per heavy atom. The fourth-order valence-electron chi connectivity index (χ4n) is 3.05.